The van der Waals surface area contributed by atoms with E-state index in [9.17, 15) is 10.2 Å². The van der Waals surface area contributed by atoms with Crippen LogP contribution in [0.15, 0.2) is 6.33 Å². The minimum Gasteiger partial charge on any atom is -0.394 e. The first kappa shape index (κ1) is 21.4. The van der Waals surface area contributed by atoms with Crippen LogP contribution in [0.4, 0.5) is 5.82 Å². The number of aliphatic hydroxyl groups is 2. The standard InChI is InChI=1S/C18H30ClN5O3Si/c1-4-5-6-7-28(2,3)11-21-16-15-17(23-18(19)22-16)24(10-20-15)14-8-12(26)13(9-25)27-14/h10,12-14,25-26H,4-9,11H2,1-3H3,(H,21,22,23). The number of hydrogen-bond donors (Lipinski definition) is 3. The van der Waals surface area contributed by atoms with Gasteiger partial charge in [-0.3, -0.25) is 4.57 Å². The van der Waals surface area contributed by atoms with E-state index in [1.807, 2.05) is 0 Å². The van der Waals surface area contributed by atoms with Gasteiger partial charge in [-0.25, -0.2) is 4.98 Å². The molecule has 28 heavy (non-hydrogen) atoms. The highest BCUT2D eigenvalue weighted by molar-refractivity contribution is 6.78. The largest absolute Gasteiger partial charge is 0.394 e. The zero-order valence-corrected chi connectivity index (χ0v) is 18.5. The Bertz CT molecular complexity index is 803. The first-order valence-corrected chi connectivity index (χ1v) is 13.7. The van der Waals surface area contributed by atoms with E-state index in [0.717, 1.165) is 6.17 Å². The molecule has 2 aromatic heterocycles. The van der Waals surface area contributed by atoms with Gasteiger partial charge in [0, 0.05) is 12.6 Å². The van der Waals surface area contributed by atoms with Crippen LogP contribution < -0.4 is 5.32 Å². The lowest BCUT2D eigenvalue weighted by molar-refractivity contribution is -0.0432. The quantitative estimate of drug-likeness (QED) is 0.321. The third-order valence-corrected chi connectivity index (χ3v) is 8.29. The number of aromatic nitrogens is 4. The number of ether oxygens (including phenoxy) is 1. The molecule has 3 N–H and O–H groups in total. The molecular weight excluding hydrogens is 398 g/mol. The molecule has 3 atom stereocenters. The zero-order chi connectivity index (χ0) is 20.3. The third kappa shape index (κ3) is 4.83. The number of nitrogens with one attached hydrogen (secondary N) is 1. The van der Waals surface area contributed by atoms with Gasteiger partial charge in [0.25, 0.3) is 0 Å². The summed E-state index contributed by atoms with van der Waals surface area (Å²) in [5.74, 6) is 0.627. The Hall–Kier alpha value is -1.26. The normalized spacial score (nSPS) is 22.9. The number of anilines is 1. The van der Waals surface area contributed by atoms with E-state index < -0.39 is 26.5 Å². The molecule has 0 radical (unpaired) electrons. The van der Waals surface area contributed by atoms with Crippen LogP contribution in [0.25, 0.3) is 11.2 Å². The highest BCUT2D eigenvalue weighted by Gasteiger charge is 2.35. The Morgan fingerprint density at radius 2 is 2.14 bits per heavy atom. The monoisotopic (exact) mass is 427 g/mol. The lowest BCUT2D eigenvalue weighted by Gasteiger charge is -2.23. The van der Waals surface area contributed by atoms with Crippen molar-refractivity contribution in [3.8, 4) is 0 Å². The highest BCUT2D eigenvalue weighted by atomic mass is 35.5. The van der Waals surface area contributed by atoms with Crippen molar-refractivity contribution < 1.29 is 14.9 Å². The van der Waals surface area contributed by atoms with E-state index in [0.29, 0.717) is 23.4 Å². The van der Waals surface area contributed by atoms with Crippen molar-refractivity contribution in [3.63, 3.8) is 0 Å². The van der Waals surface area contributed by atoms with Crippen LogP contribution in [-0.4, -0.2) is 62.8 Å². The number of rotatable bonds is 9. The summed E-state index contributed by atoms with van der Waals surface area (Å²) in [7, 11) is -1.40. The van der Waals surface area contributed by atoms with E-state index in [1.54, 1.807) is 10.9 Å². The van der Waals surface area contributed by atoms with Gasteiger partial charge in [-0.2, -0.15) is 9.97 Å². The van der Waals surface area contributed by atoms with Gasteiger partial charge in [-0.05, 0) is 11.6 Å². The van der Waals surface area contributed by atoms with Crippen molar-refractivity contribution in [1.82, 2.24) is 19.5 Å². The van der Waals surface area contributed by atoms with E-state index in [4.69, 9.17) is 16.3 Å². The summed E-state index contributed by atoms with van der Waals surface area (Å²) in [5.41, 5.74) is 1.19. The van der Waals surface area contributed by atoms with Crippen LogP contribution in [0.3, 0.4) is 0 Å². The number of imidazole rings is 1. The minimum absolute atomic E-state index is 0.138. The van der Waals surface area contributed by atoms with Gasteiger partial charge < -0.3 is 20.3 Å². The van der Waals surface area contributed by atoms with Crippen LogP contribution in [-0.2, 0) is 4.74 Å². The maximum absolute atomic E-state index is 10.0. The molecule has 1 fully saturated rings. The van der Waals surface area contributed by atoms with Crippen LogP contribution in [0.5, 0.6) is 0 Å². The zero-order valence-electron chi connectivity index (χ0n) is 16.7. The summed E-state index contributed by atoms with van der Waals surface area (Å²) >= 11 is 6.17. The molecule has 8 nitrogen and oxygen atoms in total. The van der Waals surface area contributed by atoms with Gasteiger partial charge in [-0.1, -0.05) is 45.3 Å². The molecule has 1 saturated heterocycles. The fraction of sp³-hybridized carbons (Fsp3) is 0.722. The molecule has 0 aliphatic carbocycles. The molecule has 1 aliphatic rings. The smallest absolute Gasteiger partial charge is 0.226 e. The number of fused-ring (bicyclic) bond motifs is 1. The molecule has 0 amide bonds. The Kier molecular flexibility index (Phi) is 6.92. The molecule has 1 aliphatic heterocycles. The predicted octanol–water partition coefficient (Wildman–Crippen LogP) is 2.97. The van der Waals surface area contributed by atoms with Crippen molar-refractivity contribution in [2.75, 3.05) is 18.1 Å². The lowest BCUT2D eigenvalue weighted by Crippen LogP contribution is -2.35. The van der Waals surface area contributed by atoms with Gasteiger partial charge in [0.2, 0.25) is 5.28 Å². The second-order valence-electron chi connectivity index (χ2n) is 8.25. The average Bonchev–Trinajstić information content (AvgIpc) is 3.22. The number of aliphatic hydroxyl groups excluding tert-OH is 2. The van der Waals surface area contributed by atoms with Gasteiger partial charge in [0.05, 0.1) is 27.1 Å². The summed E-state index contributed by atoms with van der Waals surface area (Å²) in [6.45, 7) is 6.73. The summed E-state index contributed by atoms with van der Waals surface area (Å²) in [6.07, 6.45) is 4.86. The number of nitrogens with zero attached hydrogens (tertiary/aromatic N) is 4. The lowest BCUT2D eigenvalue weighted by atomic mass is 10.2. The predicted molar refractivity (Wildman–Crippen MR) is 112 cm³/mol. The maximum Gasteiger partial charge on any atom is 0.226 e. The molecule has 0 aromatic carbocycles. The van der Waals surface area contributed by atoms with Gasteiger partial charge in [0.15, 0.2) is 17.0 Å². The average molecular weight is 428 g/mol. The van der Waals surface area contributed by atoms with Crippen LogP contribution >= 0.6 is 11.6 Å². The second-order valence-corrected chi connectivity index (χ2v) is 13.8. The minimum atomic E-state index is -1.40. The van der Waals surface area contributed by atoms with Crippen LogP contribution in [0.2, 0.25) is 24.4 Å². The molecule has 2 aromatic rings. The summed E-state index contributed by atoms with van der Waals surface area (Å²) in [4.78, 5) is 13.1. The summed E-state index contributed by atoms with van der Waals surface area (Å²) < 4.78 is 7.48. The highest BCUT2D eigenvalue weighted by Crippen LogP contribution is 2.32. The first-order chi connectivity index (χ1) is 13.3. The van der Waals surface area contributed by atoms with Crippen LogP contribution in [0, 0.1) is 0 Å². The van der Waals surface area contributed by atoms with E-state index in [1.165, 1.54) is 25.3 Å². The fourth-order valence-electron chi connectivity index (χ4n) is 3.54. The van der Waals surface area contributed by atoms with Crippen LogP contribution in [0.1, 0.15) is 38.8 Å². The van der Waals surface area contributed by atoms with Crippen molar-refractivity contribution in [3.05, 3.63) is 11.6 Å². The van der Waals surface area contributed by atoms with Crippen molar-refractivity contribution in [1.29, 1.82) is 0 Å². The van der Waals surface area contributed by atoms with Crippen molar-refractivity contribution in [2.45, 2.75) is 70.2 Å². The van der Waals surface area contributed by atoms with Gasteiger partial charge in [-0.15, -0.1) is 0 Å². The number of hydrogen-bond acceptors (Lipinski definition) is 7. The Balaban J connectivity index is 1.78. The number of halogens is 1. The molecule has 0 saturated carbocycles. The second kappa shape index (κ2) is 9.04. The maximum atomic E-state index is 10.0. The van der Waals surface area contributed by atoms with Gasteiger partial charge in [0.1, 0.15) is 12.3 Å². The SMILES string of the molecule is CCCCC[Si](C)(C)CNc1nc(Cl)nc2c1ncn2C1CC(O)C(CO)O1. The summed E-state index contributed by atoms with van der Waals surface area (Å²) in [6, 6.07) is 1.26. The summed E-state index contributed by atoms with van der Waals surface area (Å²) in [5, 5.41) is 22.9. The molecule has 3 heterocycles. The topological polar surface area (TPSA) is 105 Å². The Morgan fingerprint density at radius 3 is 2.82 bits per heavy atom. The third-order valence-electron chi connectivity index (χ3n) is 5.28. The molecular formula is C18H30ClN5O3Si. The molecule has 10 heteroatoms. The van der Waals surface area contributed by atoms with E-state index in [-0.39, 0.29) is 11.9 Å². The Labute approximate surface area is 171 Å². The van der Waals surface area contributed by atoms with Crippen molar-refractivity contribution >= 4 is 36.7 Å². The molecule has 0 spiro atoms. The fourth-order valence-corrected chi connectivity index (χ4v) is 5.73. The molecule has 0 bridgehead atoms. The first-order valence-electron chi connectivity index (χ1n) is 9.93. The van der Waals surface area contributed by atoms with E-state index in [2.05, 4.69) is 40.3 Å². The van der Waals surface area contributed by atoms with E-state index >= 15 is 0 Å². The van der Waals surface area contributed by atoms with Gasteiger partial charge >= 0.3 is 0 Å². The number of unbranched alkanes of at least 4 members (excludes halogenated alkanes) is 2. The molecule has 156 valence electrons. The van der Waals surface area contributed by atoms with Crippen molar-refractivity contribution in [2.24, 2.45) is 0 Å². The molecule has 3 rings (SSSR count). The molecule has 3 unspecified atom stereocenters. The Morgan fingerprint density at radius 1 is 1.36 bits per heavy atom.